The largest absolute Gasteiger partial charge is 0.504 e. The lowest BCUT2D eigenvalue weighted by Gasteiger charge is -2.13. The van der Waals surface area contributed by atoms with Crippen molar-refractivity contribution in [3.05, 3.63) is 59.7 Å². The number of nitrogens with zero attached hydrogens (tertiary/aromatic N) is 3. The summed E-state index contributed by atoms with van der Waals surface area (Å²) in [5.41, 5.74) is -2.08. The fourth-order valence-corrected chi connectivity index (χ4v) is 2.57. The Bertz CT molecular complexity index is 1030. The fraction of sp³-hybridized carbons (Fsp3) is 0.167. The Morgan fingerprint density at radius 1 is 1.21 bits per heavy atom. The maximum Gasteiger partial charge on any atom is 0.434 e. The zero-order valence-electron chi connectivity index (χ0n) is 14.4. The lowest BCUT2D eigenvalue weighted by Crippen LogP contribution is -2.19. The van der Waals surface area contributed by atoms with Gasteiger partial charge in [0.15, 0.2) is 23.1 Å². The summed E-state index contributed by atoms with van der Waals surface area (Å²) in [5, 5.41) is 13.5. The van der Waals surface area contributed by atoms with Crippen LogP contribution in [0.3, 0.4) is 0 Å². The third-order valence-electron chi connectivity index (χ3n) is 3.75. The summed E-state index contributed by atoms with van der Waals surface area (Å²) in [6.45, 7) is 1.36. The van der Waals surface area contributed by atoms with Crippen molar-refractivity contribution in [3.63, 3.8) is 0 Å². The molecule has 3 rings (SSSR count). The first-order valence-corrected chi connectivity index (χ1v) is 8.01. The highest BCUT2D eigenvalue weighted by atomic mass is 19.4. The minimum absolute atomic E-state index is 0.00631. The van der Waals surface area contributed by atoms with Gasteiger partial charge >= 0.3 is 12.1 Å². The second-order valence-corrected chi connectivity index (χ2v) is 5.55. The van der Waals surface area contributed by atoms with Crippen LogP contribution in [0.25, 0.3) is 17.1 Å². The van der Waals surface area contributed by atoms with Gasteiger partial charge in [0.2, 0.25) is 0 Å². The summed E-state index contributed by atoms with van der Waals surface area (Å²) in [7, 11) is 0. The Kier molecular flexibility index (Phi) is 5.04. The Morgan fingerprint density at radius 2 is 1.93 bits per heavy atom. The SMILES string of the molecule is CCOC(=O)c1cnn(-c2cccc(-c3cccc(F)c3O)n2)c1C(F)(F)F. The number of carbonyl (C=O) groups excluding carboxylic acids is 1. The molecule has 0 radical (unpaired) electrons. The van der Waals surface area contributed by atoms with Gasteiger partial charge in [-0.25, -0.2) is 18.9 Å². The molecule has 2 aromatic heterocycles. The van der Waals surface area contributed by atoms with Crippen LogP contribution in [-0.2, 0) is 10.9 Å². The number of carbonyl (C=O) groups is 1. The smallest absolute Gasteiger partial charge is 0.434 e. The Hall–Kier alpha value is -3.43. The van der Waals surface area contributed by atoms with E-state index in [0.29, 0.717) is 4.68 Å². The molecule has 0 aliphatic carbocycles. The molecular weight excluding hydrogens is 382 g/mol. The molecule has 0 atom stereocenters. The topological polar surface area (TPSA) is 77.2 Å². The van der Waals surface area contributed by atoms with Crippen LogP contribution < -0.4 is 0 Å². The van der Waals surface area contributed by atoms with E-state index in [9.17, 15) is 27.5 Å². The molecule has 6 nitrogen and oxygen atoms in total. The number of phenolic OH excluding ortho intramolecular Hbond substituents is 1. The third-order valence-corrected chi connectivity index (χ3v) is 3.75. The summed E-state index contributed by atoms with van der Waals surface area (Å²) in [4.78, 5) is 15.9. The van der Waals surface area contributed by atoms with Crippen LogP contribution in [-0.4, -0.2) is 32.4 Å². The van der Waals surface area contributed by atoms with E-state index in [2.05, 4.69) is 14.8 Å². The number of aromatic hydroxyl groups is 1. The van der Waals surface area contributed by atoms with Crippen LogP contribution in [0.1, 0.15) is 23.0 Å². The van der Waals surface area contributed by atoms with Crippen LogP contribution in [0.15, 0.2) is 42.6 Å². The van der Waals surface area contributed by atoms with E-state index in [-0.39, 0.29) is 23.7 Å². The first kappa shape index (κ1) is 19.3. The van der Waals surface area contributed by atoms with Gasteiger partial charge in [-0.2, -0.15) is 18.3 Å². The average molecular weight is 395 g/mol. The molecule has 0 aliphatic heterocycles. The van der Waals surface area contributed by atoms with Crippen molar-refractivity contribution in [1.82, 2.24) is 14.8 Å². The Balaban J connectivity index is 2.15. The summed E-state index contributed by atoms with van der Waals surface area (Å²) < 4.78 is 59.4. The van der Waals surface area contributed by atoms with Gasteiger partial charge in [-0.15, -0.1) is 0 Å². The predicted molar refractivity (Wildman–Crippen MR) is 89.4 cm³/mol. The maximum atomic E-state index is 13.6. The number of aromatic nitrogens is 3. The van der Waals surface area contributed by atoms with Crippen LogP contribution in [0.5, 0.6) is 5.75 Å². The second kappa shape index (κ2) is 7.29. The number of phenols is 1. The number of hydrogen-bond donors (Lipinski definition) is 1. The molecule has 0 saturated heterocycles. The van der Waals surface area contributed by atoms with E-state index < -0.39 is 35.0 Å². The number of alkyl halides is 3. The standard InChI is InChI=1S/C18H13F4N3O3/c1-2-28-17(27)11-9-23-25(16(11)18(20,21)22)14-8-4-7-13(24-14)10-5-3-6-12(19)15(10)26/h3-9,26H,2H2,1H3. The molecule has 10 heteroatoms. The molecule has 0 fully saturated rings. The number of esters is 1. The molecule has 0 aliphatic rings. The molecule has 0 bridgehead atoms. The van der Waals surface area contributed by atoms with Crippen LogP contribution in [0.2, 0.25) is 0 Å². The normalized spacial score (nSPS) is 11.5. The molecule has 2 heterocycles. The molecule has 0 saturated carbocycles. The molecule has 1 aromatic carbocycles. The van der Waals surface area contributed by atoms with E-state index in [1.54, 1.807) is 0 Å². The first-order chi connectivity index (χ1) is 13.2. The van der Waals surface area contributed by atoms with Crippen molar-refractivity contribution in [2.75, 3.05) is 6.61 Å². The van der Waals surface area contributed by atoms with Crippen molar-refractivity contribution in [3.8, 4) is 22.8 Å². The van der Waals surface area contributed by atoms with Gasteiger partial charge in [-0.05, 0) is 31.2 Å². The Labute approximate surface area is 156 Å². The van der Waals surface area contributed by atoms with Gasteiger partial charge in [0.25, 0.3) is 0 Å². The molecule has 0 amide bonds. The lowest BCUT2D eigenvalue weighted by molar-refractivity contribution is -0.143. The maximum absolute atomic E-state index is 13.6. The van der Waals surface area contributed by atoms with Gasteiger partial charge in [-0.3, -0.25) is 0 Å². The Morgan fingerprint density at radius 3 is 2.61 bits per heavy atom. The third kappa shape index (κ3) is 3.53. The summed E-state index contributed by atoms with van der Waals surface area (Å²) >= 11 is 0. The van der Waals surface area contributed by atoms with Gasteiger partial charge < -0.3 is 9.84 Å². The summed E-state index contributed by atoms with van der Waals surface area (Å²) in [6.07, 6.45) is -4.17. The number of halogens is 4. The van der Waals surface area contributed by atoms with Crippen molar-refractivity contribution >= 4 is 5.97 Å². The highest BCUT2D eigenvalue weighted by molar-refractivity contribution is 5.90. The number of hydrogen-bond acceptors (Lipinski definition) is 5. The van der Waals surface area contributed by atoms with Gasteiger partial charge in [0.05, 0.1) is 18.5 Å². The number of ether oxygens (including phenoxy) is 1. The van der Waals surface area contributed by atoms with Crippen molar-refractivity contribution in [1.29, 1.82) is 0 Å². The summed E-state index contributed by atoms with van der Waals surface area (Å²) in [5.74, 6) is -3.02. The predicted octanol–water partition coefficient (Wildman–Crippen LogP) is 3.97. The minimum Gasteiger partial charge on any atom is -0.504 e. The average Bonchev–Trinajstić information content (AvgIpc) is 3.10. The molecule has 0 spiro atoms. The van der Waals surface area contributed by atoms with Gasteiger partial charge in [-0.1, -0.05) is 12.1 Å². The van der Waals surface area contributed by atoms with E-state index in [0.717, 1.165) is 12.3 Å². The molecular formula is C18H13F4N3O3. The van der Waals surface area contributed by atoms with Gasteiger partial charge in [0.1, 0.15) is 5.56 Å². The minimum atomic E-state index is -4.92. The second-order valence-electron chi connectivity index (χ2n) is 5.55. The van der Waals surface area contributed by atoms with E-state index >= 15 is 0 Å². The number of pyridine rings is 1. The number of para-hydroxylation sites is 1. The quantitative estimate of drug-likeness (QED) is 0.534. The zero-order chi connectivity index (χ0) is 20.5. The van der Waals surface area contributed by atoms with Crippen molar-refractivity contribution < 1.29 is 32.2 Å². The highest BCUT2D eigenvalue weighted by Crippen LogP contribution is 2.35. The van der Waals surface area contributed by atoms with Crippen molar-refractivity contribution in [2.45, 2.75) is 13.1 Å². The van der Waals surface area contributed by atoms with E-state index in [1.165, 1.54) is 37.3 Å². The molecule has 1 N–H and O–H groups in total. The molecule has 3 aromatic rings. The molecule has 0 unspecified atom stereocenters. The zero-order valence-corrected chi connectivity index (χ0v) is 14.4. The highest BCUT2D eigenvalue weighted by Gasteiger charge is 2.41. The molecule has 146 valence electrons. The number of benzene rings is 1. The van der Waals surface area contributed by atoms with Crippen LogP contribution in [0, 0.1) is 5.82 Å². The lowest BCUT2D eigenvalue weighted by atomic mass is 10.1. The van der Waals surface area contributed by atoms with Crippen LogP contribution in [0.4, 0.5) is 17.6 Å². The molecule has 28 heavy (non-hydrogen) atoms. The van der Waals surface area contributed by atoms with E-state index in [1.807, 2.05) is 0 Å². The van der Waals surface area contributed by atoms with Gasteiger partial charge in [0, 0.05) is 5.56 Å². The summed E-state index contributed by atoms with van der Waals surface area (Å²) in [6, 6.07) is 7.71. The monoisotopic (exact) mass is 395 g/mol. The first-order valence-electron chi connectivity index (χ1n) is 8.01. The van der Waals surface area contributed by atoms with E-state index in [4.69, 9.17) is 0 Å². The van der Waals surface area contributed by atoms with Crippen LogP contribution >= 0.6 is 0 Å². The number of rotatable bonds is 4. The fourth-order valence-electron chi connectivity index (χ4n) is 2.57. The van der Waals surface area contributed by atoms with Crippen molar-refractivity contribution in [2.24, 2.45) is 0 Å².